The number of fused-ring (bicyclic) bond motifs is 1. The third kappa shape index (κ3) is 3.01. The molecule has 35 heavy (non-hydrogen) atoms. The van der Waals surface area contributed by atoms with Crippen molar-refractivity contribution in [2.45, 2.75) is 6.10 Å². The van der Waals surface area contributed by atoms with Crippen molar-refractivity contribution in [1.82, 2.24) is 0 Å². The van der Waals surface area contributed by atoms with Crippen molar-refractivity contribution in [3.8, 4) is 0 Å². The van der Waals surface area contributed by atoms with Crippen LogP contribution in [0.5, 0.6) is 0 Å². The van der Waals surface area contributed by atoms with Gasteiger partial charge in [0, 0.05) is 0 Å². The summed E-state index contributed by atoms with van der Waals surface area (Å²) in [6.45, 7) is -3.57. The van der Waals surface area contributed by atoms with E-state index in [-0.39, 0.29) is 6.10 Å². The van der Waals surface area contributed by atoms with E-state index in [0.717, 1.165) is 11.1 Å². The average Bonchev–Trinajstić information content (AvgIpc) is 3.28. The summed E-state index contributed by atoms with van der Waals surface area (Å²) in [5, 5.41) is 12.5. The van der Waals surface area contributed by atoms with Gasteiger partial charge in [-0.15, -0.1) is 0 Å². The average molecular weight is 472 g/mol. The molecule has 0 unspecified atom stereocenters. The first-order chi connectivity index (χ1) is 17.3. The van der Waals surface area contributed by atoms with Crippen LogP contribution in [0.2, 0.25) is 0 Å². The fourth-order valence-corrected chi connectivity index (χ4v) is 11.8. The molecule has 1 aliphatic rings. The van der Waals surface area contributed by atoms with Crippen LogP contribution in [0.25, 0.3) is 0 Å². The Bertz CT molecular complexity index is 1380. The van der Waals surface area contributed by atoms with Crippen LogP contribution in [0.4, 0.5) is 0 Å². The predicted octanol–water partition coefficient (Wildman–Crippen LogP) is 5.87. The molecule has 1 aliphatic heterocycles. The van der Waals surface area contributed by atoms with E-state index in [0.29, 0.717) is 0 Å². The van der Waals surface area contributed by atoms with Gasteiger partial charge < -0.3 is 0 Å². The van der Waals surface area contributed by atoms with Gasteiger partial charge in [-0.3, -0.25) is 0 Å². The van der Waals surface area contributed by atoms with Crippen LogP contribution >= 0.6 is 6.83 Å². The van der Waals surface area contributed by atoms with E-state index in [1.54, 1.807) is 0 Å². The maximum atomic E-state index is 7.70. The normalized spacial score (nSPS) is 18.6. The molecule has 0 bridgehead atoms. The third-order valence-electron chi connectivity index (χ3n) is 7.15. The predicted molar refractivity (Wildman–Crippen MR) is 148 cm³/mol. The van der Waals surface area contributed by atoms with Gasteiger partial charge in [0.25, 0.3) is 0 Å². The van der Waals surface area contributed by atoms with E-state index in [4.69, 9.17) is 9.93 Å². The van der Waals surface area contributed by atoms with Crippen LogP contribution in [0.1, 0.15) is 22.8 Å². The van der Waals surface area contributed by atoms with E-state index in [9.17, 15) is 0 Å². The summed E-state index contributed by atoms with van der Waals surface area (Å²) >= 11 is 0. The first-order valence-corrected chi connectivity index (χ1v) is 14.0. The molecular formula is C32H26NOP. The summed E-state index contributed by atoms with van der Waals surface area (Å²) in [4.78, 5) is 0. The molecule has 0 radical (unpaired) electrons. The topological polar surface area (TPSA) is 33.1 Å². The minimum atomic E-state index is -3.57. The fourth-order valence-electron chi connectivity index (χ4n) is 5.61. The van der Waals surface area contributed by atoms with Crippen LogP contribution < -0.4 is 21.2 Å². The van der Waals surface area contributed by atoms with Gasteiger partial charge in [0.1, 0.15) is 0 Å². The first-order valence-electron chi connectivity index (χ1n) is 11.8. The van der Waals surface area contributed by atoms with Crippen LogP contribution in [0, 0.1) is 5.41 Å². The van der Waals surface area contributed by atoms with E-state index < -0.39 is 6.83 Å². The van der Waals surface area contributed by atoms with Gasteiger partial charge in [-0.2, -0.15) is 0 Å². The molecular weight excluding hydrogens is 445 g/mol. The first kappa shape index (κ1) is 21.7. The van der Waals surface area contributed by atoms with E-state index in [1.165, 1.54) is 33.0 Å². The van der Waals surface area contributed by atoms with E-state index in [2.05, 4.69) is 127 Å². The fraction of sp³-hybridized carbons (Fsp3) is 0.0312. The molecule has 6 rings (SSSR count). The molecule has 1 N–H and O–H groups in total. The summed E-state index contributed by atoms with van der Waals surface area (Å²) in [5.74, 6) is 0. The van der Waals surface area contributed by atoms with Gasteiger partial charge in [0.05, 0.1) is 0 Å². The summed E-state index contributed by atoms with van der Waals surface area (Å²) in [6, 6.07) is 49.2. The molecule has 0 fully saturated rings. The zero-order valence-corrected chi connectivity index (χ0v) is 20.2. The monoisotopic (exact) mass is 471 g/mol. The number of nitrogens with one attached hydrogen (secondary N) is 1. The molecule has 170 valence electrons. The number of hydrogen-bond acceptors (Lipinski definition) is 2. The van der Waals surface area contributed by atoms with Crippen LogP contribution in [-0.4, -0.2) is 6.21 Å². The third-order valence-corrected chi connectivity index (χ3v) is 13.0. The zero-order valence-electron chi connectivity index (χ0n) is 19.3. The molecule has 1 atom stereocenters. The number of rotatable bonds is 5. The second-order valence-corrected chi connectivity index (χ2v) is 13.2. The Hall–Kier alpha value is -3.84. The van der Waals surface area contributed by atoms with Gasteiger partial charge in [0.15, 0.2) is 0 Å². The molecule has 0 saturated heterocycles. The molecule has 5 aromatic carbocycles. The number of hydrogen-bond donors (Lipinski definition) is 1. The van der Waals surface area contributed by atoms with Gasteiger partial charge in [-0.1, -0.05) is 0 Å². The molecule has 5 aromatic rings. The Kier molecular flexibility index (Phi) is 5.22. The van der Waals surface area contributed by atoms with Crippen molar-refractivity contribution in [2.75, 3.05) is 0 Å². The van der Waals surface area contributed by atoms with Crippen molar-refractivity contribution >= 4 is 34.3 Å². The van der Waals surface area contributed by atoms with Crippen molar-refractivity contribution in [3.63, 3.8) is 0 Å². The Labute approximate surface area is 206 Å². The molecule has 0 saturated carbocycles. The second kappa shape index (κ2) is 8.43. The summed E-state index contributed by atoms with van der Waals surface area (Å²) in [5.41, 5.74) is 3.17. The Balaban J connectivity index is 1.78. The molecule has 0 amide bonds. The van der Waals surface area contributed by atoms with Crippen LogP contribution in [0.3, 0.4) is 0 Å². The Morgan fingerprint density at radius 2 is 1.00 bits per heavy atom. The molecule has 0 spiro atoms. The van der Waals surface area contributed by atoms with Gasteiger partial charge in [-0.05, 0) is 0 Å². The minimum absolute atomic E-state index is 0.232. The Morgan fingerprint density at radius 1 is 0.543 bits per heavy atom. The van der Waals surface area contributed by atoms with E-state index in [1.807, 2.05) is 12.1 Å². The van der Waals surface area contributed by atoms with Gasteiger partial charge >= 0.3 is 207 Å². The second-order valence-electron chi connectivity index (χ2n) is 8.90. The molecule has 3 heteroatoms. The van der Waals surface area contributed by atoms with Crippen LogP contribution in [-0.2, 0) is 4.52 Å². The van der Waals surface area contributed by atoms with Gasteiger partial charge in [-0.25, -0.2) is 0 Å². The van der Waals surface area contributed by atoms with Crippen molar-refractivity contribution in [2.24, 2.45) is 0 Å². The Morgan fingerprint density at radius 3 is 1.49 bits per heavy atom. The van der Waals surface area contributed by atoms with Gasteiger partial charge in [0.2, 0.25) is 0 Å². The number of benzene rings is 5. The quantitative estimate of drug-likeness (QED) is 0.252. The molecule has 1 heterocycles. The standard InChI is InChI=1S/C32H26NOP/c33-24-25-20-22-26(23-21-25)32-30-18-10-11-19-31(30)35(34-32,27-12-4-1-5-13-27,28-14-6-2-7-15-28)29-16-8-3-9-17-29/h1-24,32-33H/t32-/m0/s1. The van der Waals surface area contributed by atoms with E-state index >= 15 is 0 Å². The summed E-state index contributed by atoms with van der Waals surface area (Å²) in [7, 11) is 0. The van der Waals surface area contributed by atoms with Crippen molar-refractivity contribution < 1.29 is 4.52 Å². The zero-order chi connectivity index (χ0) is 23.7. The van der Waals surface area contributed by atoms with Crippen molar-refractivity contribution in [3.05, 3.63) is 156 Å². The molecule has 0 aliphatic carbocycles. The summed E-state index contributed by atoms with van der Waals surface area (Å²) < 4.78 is 7.70. The molecule has 0 aromatic heterocycles. The van der Waals surface area contributed by atoms with Crippen LogP contribution in [0.15, 0.2) is 140 Å². The SMILES string of the molecule is N=Cc1ccc([C@@H]2OP(c3ccccc3)(c3ccccc3)(c3ccccc3)c3ccccc32)cc1. The molecule has 2 nitrogen and oxygen atoms in total. The maximum absolute atomic E-state index is 7.70. The van der Waals surface area contributed by atoms with Crippen molar-refractivity contribution in [1.29, 1.82) is 5.41 Å². The summed E-state index contributed by atoms with van der Waals surface area (Å²) in [6.07, 6.45) is 1.15.